The van der Waals surface area contributed by atoms with E-state index in [1.165, 1.54) is 12.1 Å². The fourth-order valence-electron chi connectivity index (χ4n) is 1.84. The Balaban J connectivity index is 2.57. The van der Waals surface area contributed by atoms with Gasteiger partial charge >= 0.3 is 0 Å². The Morgan fingerprint density at radius 1 is 1.40 bits per heavy atom. The first kappa shape index (κ1) is 16.6. The maximum atomic E-state index is 12.9. The second-order valence-electron chi connectivity index (χ2n) is 4.93. The van der Waals surface area contributed by atoms with Gasteiger partial charge in [0.05, 0.1) is 12.1 Å². The van der Waals surface area contributed by atoms with E-state index in [9.17, 15) is 9.18 Å². The fourth-order valence-corrected chi connectivity index (χ4v) is 1.84. The molecule has 1 rings (SSSR count). The summed E-state index contributed by atoms with van der Waals surface area (Å²) in [6.07, 6.45) is 0.531. The molecule has 0 heterocycles. The van der Waals surface area contributed by atoms with E-state index >= 15 is 0 Å². The Labute approximate surface area is 119 Å². The first-order valence-electron chi connectivity index (χ1n) is 6.81. The number of hydrogen-bond donors (Lipinski definition) is 2. The molecule has 5 heteroatoms. The molecule has 0 saturated heterocycles. The zero-order valence-corrected chi connectivity index (χ0v) is 12.2. The molecule has 0 aliphatic rings. The lowest BCUT2D eigenvalue weighted by molar-refractivity contribution is -0.124. The van der Waals surface area contributed by atoms with Crippen LogP contribution in [0.2, 0.25) is 0 Å². The first-order chi connectivity index (χ1) is 9.49. The summed E-state index contributed by atoms with van der Waals surface area (Å²) in [5.74, 6) is -0.364. The third-order valence-electron chi connectivity index (χ3n) is 3.55. The van der Waals surface area contributed by atoms with E-state index in [1.807, 2.05) is 13.8 Å². The summed E-state index contributed by atoms with van der Waals surface area (Å²) < 4.78 is 18.2. The average Bonchev–Trinajstić information content (AvgIpc) is 2.47. The van der Waals surface area contributed by atoms with Crippen LogP contribution in [0.4, 0.5) is 4.39 Å². The normalized spacial score (nSPS) is 15.4. The molecule has 0 bridgehead atoms. The van der Waals surface area contributed by atoms with Crippen LogP contribution < -0.4 is 11.1 Å². The van der Waals surface area contributed by atoms with Crippen LogP contribution in [0.3, 0.4) is 0 Å². The molecule has 3 N–H and O–H groups in total. The molecule has 0 aromatic heterocycles. The van der Waals surface area contributed by atoms with Crippen LogP contribution in [0, 0.1) is 11.7 Å². The standard InChI is InChI=1S/C15H23FN2O2/c1-4-10(2)14(17)15(19)18-9-13(20-3)11-5-7-12(16)8-6-11/h5-8,10,13-14H,4,9,17H2,1-3H3,(H,18,19). The molecule has 4 nitrogen and oxygen atoms in total. The number of carbonyl (C=O) groups is 1. The molecule has 0 aliphatic heterocycles. The molecule has 0 aliphatic carbocycles. The molecule has 1 aromatic rings. The Morgan fingerprint density at radius 3 is 2.50 bits per heavy atom. The van der Waals surface area contributed by atoms with Crippen molar-refractivity contribution in [3.05, 3.63) is 35.6 Å². The van der Waals surface area contributed by atoms with Gasteiger partial charge in [-0.2, -0.15) is 0 Å². The molecular formula is C15H23FN2O2. The van der Waals surface area contributed by atoms with Gasteiger partial charge in [0.2, 0.25) is 5.91 Å². The van der Waals surface area contributed by atoms with Gasteiger partial charge in [0.1, 0.15) is 5.82 Å². The van der Waals surface area contributed by atoms with Crippen LogP contribution in [0.1, 0.15) is 31.9 Å². The van der Waals surface area contributed by atoms with E-state index in [0.29, 0.717) is 6.54 Å². The molecule has 1 amide bonds. The number of nitrogens with one attached hydrogen (secondary N) is 1. The summed E-state index contributed by atoms with van der Waals surface area (Å²) in [5, 5.41) is 2.78. The Morgan fingerprint density at radius 2 is 2.00 bits per heavy atom. The van der Waals surface area contributed by atoms with Crippen LogP contribution in [0.25, 0.3) is 0 Å². The van der Waals surface area contributed by atoms with Crippen LogP contribution in [0.15, 0.2) is 24.3 Å². The maximum Gasteiger partial charge on any atom is 0.237 e. The molecule has 0 spiro atoms. The average molecular weight is 282 g/mol. The number of benzene rings is 1. The van der Waals surface area contributed by atoms with Crippen molar-refractivity contribution in [2.45, 2.75) is 32.4 Å². The number of rotatable bonds is 7. The van der Waals surface area contributed by atoms with Gasteiger partial charge in [-0.3, -0.25) is 4.79 Å². The van der Waals surface area contributed by atoms with E-state index in [1.54, 1.807) is 19.2 Å². The molecule has 0 fully saturated rings. The van der Waals surface area contributed by atoms with Crippen molar-refractivity contribution < 1.29 is 13.9 Å². The summed E-state index contributed by atoms with van der Waals surface area (Å²) in [6, 6.07) is 5.50. The minimum absolute atomic E-state index is 0.127. The summed E-state index contributed by atoms with van der Waals surface area (Å²) >= 11 is 0. The molecule has 20 heavy (non-hydrogen) atoms. The molecular weight excluding hydrogens is 259 g/mol. The molecule has 3 atom stereocenters. The SMILES string of the molecule is CCC(C)C(N)C(=O)NCC(OC)c1ccc(F)cc1. The van der Waals surface area contributed by atoms with Crippen molar-refractivity contribution in [2.75, 3.05) is 13.7 Å². The number of ether oxygens (including phenoxy) is 1. The zero-order chi connectivity index (χ0) is 15.1. The van der Waals surface area contributed by atoms with Gasteiger partial charge in [0.15, 0.2) is 0 Å². The number of carbonyl (C=O) groups excluding carboxylic acids is 1. The molecule has 112 valence electrons. The van der Waals surface area contributed by atoms with Crippen molar-refractivity contribution in [1.29, 1.82) is 0 Å². The summed E-state index contributed by atoms with van der Waals surface area (Å²) in [5.41, 5.74) is 6.67. The van der Waals surface area contributed by atoms with Gasteiger partial charge in [0.25, 0.3) is 0 Å². The highest BCUT2D eigenvalue weighted by molar-refractivity contribution is 5.81. The van der Waals surface area contributed by atoms with Gasteiger partial charge in [0, 0.05) is 13.7 Å². The van der Waals surface area contributed by atoms with Gasteiger partial charge in [-0.05, 0) is 23.6 Å². The summed E-state index contributed by atoms with van der Waals surface area (Å²) in [6.45, 7) is 4.25. The van der Waals surface area contributed by atoms with Crippen LogP contribution in [-0.4, -0.2) is 25.6 Å². The second-order valence-corrected chi connectivity index (χ2v) is 4.93. The monoisotopic (exact) mass is 282 g/mol. The lowest BCUT2D eigenvalue weighted by Crippen LogP contribution is -2.45. The number of nitrogens with two attached hydrogens (primary N) is 1. The van der Waals surface area contributed by atoms with Gasteiger partial charge in [-0.15, -0.1) is 0 Å². The lowest BCUT2D eigenvalue weighted by atomic mass is 9.99. The van der Waals surface area contributed by atoms with Crippen molar-refractivity contribution in [3.8, 4) is 0 Å². The van der Waals surface area contributed by atoms with Crippen LogP contribution >= 0.6 is 0 Å². The topological polar surface area (TPSA) is 64.4 Å². The van der Waals surface area contributed by atoms with E-state index in [4.69, 9.17) is 10.5 Å². The highest BCUT2D eigenvalue weighted by Crippen LogP contribution is 2.16. The quantitative estimate of drug-likeness (QED) is 0.804. The molecule has 1 aromatic carbocycles. The lowest BCUT2D eigenvalue weighted by Gasteiger charge is -2.21. The predicted octanol–water partition coefficient (Wildman–Crippen LogP) is 2.00. The summed E-state index contributed by atoms with van der Waals surface area (Å²) in [7, 11) is 1.55. The van der Waals surface area contributed by atoms with Gasteiger partial charge < -0.3 is 15.8 Å². The second kappa shape index (κ2) is 7.97. The third kappa shape index (κ3) is 4.58. The fraction of sp³-hybridized carbons (Fsp3) is 0.533. The number of methoxy groups -OCH3 is 1. The van der Waals surface area contributed by atoms with E-state index in [2.05, 4.69) is 5.32 Å². The largest absolute Gasteiger partial charge is 0.375 e. The predicted molar refractivity (Wildman–Crippen MR) is 76.6 cm³/mol. The van der Waals surface area contributed by atoms with Gasteiger partial charge in [-0.25, -0.2) is 4.39 Å². The number of halogens is 1. The molecule has 3 unspecified atom stereocenters. The zero-order valence-electron chi connectivity index (χ0n) is 12.2. The maximum absolute atomic E-state index is 12.9. The highest BCUT2D eigenvalue weighted by atomic mass is 19.1. The molecule has 0 radical (unpaired) electrons. The minimum Gasteiger partial charge on any atom is -0.375 e. The van der Waals surface area contributed by atoms with E-state index in [-0.39, 0.29) is 23.7 Å². The van der Waals surface area contributed by atoms with Crippen LogP contribution in [0.5, 0.6) is 0 Å². The number of amides is 1. The Kier molecular flexibility index (Phi) is 6.61. The van der Waals surface area contributed by atoms with Crippen molar-refractivity contribution in [2.24, 2.45) is 11.7 Å². The Hall–Kier alpha value is -1.46. The van der Waals surface area contributed by atoms with Crippen molar-refractivity contribution >= 4 is 5.91 Å². The highest BCUT2D eigenvalue weighted by Gasteiger charge is 2.20. The third-order valence-corrected chi connectivity index (χ3v) is 3.55. The number of hydrogen-bond acceptors (Lipinski definition) is 3. The van der Waals surface area contributed by atoms with Gasteiger partial charge in [-0.1, -0.05) is 32.4 Å². The van der Waals surface area contributed by atoms with E-state index < -0.39 is 6.04 Å². The minimum atomic E-state index is -0.522. The smallest absolute Gasteiger partial charge is 0.237 e. The van der Waals surface area contributed by atoms with Crippen molar-refractivity contribution in [1.82, 2.24) is 5.32 Å². The van der Waals surface area contributed by atoms with Crippen LogP contribution in [-0.2, 0) is 9.53 Å². The Bertz CT molecular complexity index is 422. The summed E-state index contributed by atoms with van der Waals surface area (Å²) in [4.78, 5) is 11.9. The first-order valence-corrected chi connectivity index (χ1v) is 6.81. The van der Waals surface area contributed by atoms with Crippen molar-refractivity contribution in [3.63, 3.8) is 0 Å². The molecule has 0 saturated carbocycles. The van der Waals surface area contributed by atoms with E-state index in [0.717, 1.165) is 12.0 Å².